The second-order valence-electron chi connectivity index (χ2n) is 14.2. The summed E-state index contributed by atoms with van der Waals surface area (Å²) in [6, 6.07) is 9.57. The predicted molar refractivity (Wildman–Crippen MR) is 202 cm³/mol. The summed E-state index contributed by atoms with van der Waals surface area (Å²) in [4.78, 5) is 0.0770. The first kappa shape index (κ1) is 40.8. The highest BCUT2D eigenvalue weighted by molar-refractivity contribution is 7.86. The van der Waals surface area contributed by atoms with Crippen molar-refractivity contribution in [3.8, 4) is 0 Å². The lowest BCUT2D eigenvalue weighted by atomic mass is 9.91. The van der Waals surface area contributed by atoms with Gasteiger partial charge in [0.05, 0.1) is 0 Å². The zero-order valence-corrected chi connectivity index (χ0v) is 31.1. The molecule has 264 valence electrons. The molecule has 3 nitrogen and oxygen atoms in total. The number of unbranched alkanes of at least 4 members (excludes halogenated alkanes) is 26. The molecule has 0 unspecified atom stereocenters. The van der Waals surface area contributed by atoms with E-state index < -0.39 is 10.1 Å². The minimum Gasteiger partial charge on any atom is -0.282 e. The minimum absolute atomic E-state index is 0.0770. The van der Waals surface area contributed by atoms with Crippen molar-refractivity contribution >= 4 is 20.9 Å². The van der Waals surface area contributed by atoms with Gasteiger partial charge in [0.15, 0.2) is 0 Å². The summed E-state index contributed by atoms with van der Waals surface area (Å²) in [5.41, 5.74) is 2.43. The molecule has 0 atom stereocenters. The van der Waals surface area contributed by atoms with Crippen molar-refractivity contribution in [1.29, 1.82) is 0 Å². The lowest BCUT2D eigenvalue weighted by molar-refractivity contribution is 0.484. The summed E-state index contributed by atoms with van der Waals surface area (Å²) >= 11 is 0. The second kappa shape index (κ2) is 26.6. The molecule has 0 aliphatic heterocycles. The maximum atomic E-state index is 12.4. The molecule has 0 aliphatic carbocycles. The molecule has 46 heavy (non-hydrogen) atoms. The van der Waals surface area contributed by atoms with Gasteiger partial charge in [-0.3, -0.25) is 4.55 Å². The van der Waals surface area contributed by atoms with Crippen LogP contribution < -0.4 is 0 Å². The Morgan fingerprint density at radius 1 is 0.457 bits per heavy atom. The van der Waals surface area contributed by atoms with Crippen LogP contribution in [0.3, 0.4) is 0 Å². The fraction of sp³-hybridized carbons (Fsp3) is 0.762. The number of fused-ring (bicyclic) bond motifs is 1. The van der Waals surface area contributed by atoms with E-state index in [0.717, 1.165) is 36.6 Å². The van der Waals surface area contributed by atoms with E-state index in [1.54, 1.807) is 6.07 Å². The third-order valence-corrected chi connectivity index (χ3v) is 11.0. The van der Waals surface area contributed by atoms with Crippen LogP contribution in [-0.4, -0.2) is 13.0 Å². The number of rotatable bonds is 31. The molecule has 2 aromatic rings. The number of hydrogen-bond acceptors (Lipinski definition) is 2. The van der Waals surface area contributed by atoms with Gasteiger partial charge in [-0.05, 0) is 48.3 Å². The van der Waals surface area contributed by atoms with Gasteiger partial charge in [0.1, 0.15) is 4.90 Å². The highest BCUT2D eigenvalue weighted by atomic mass is 32.2. The Hall–Kier alpha value is -1.39. The average molecular weight is 657 g/mol. The zero-order chi connectivity index (χ0) is 33.1. The maximum Gasteiger partial charge on any atom is 0.295 e. The zero-order valence-electron chi connectivity index (χ0n) is 30.3. The van der Waals surface area contributed by atoms with E-state index in [-0.39, 0.29) is 4.90 Å². The van der Waals surface area contributed by atoms with Gasteiger partial charge in [-0.25, -0.2) is 0 Å². The molecular formula is C42H72O3S. The number of aryl methyl sites for hydroxylation is 2. The monoisotopic (exact) mass is 657 g/mol. The van der Waals surface area contributed by atoms with E-state index in [1.807, 2.05) is 18.2 Å². The first-order valence-electron chi connectivity index (χ1n) is 20.0. The summed E-state index contributed by atoms with van der Waals surface area (Å²) in [6.07, 6.45) is 39.4. The number of hydrogen-bond donors (Lipinski definition) is 1. The van der Waals surface area contributed by atoms with Gasteiger partial charge in [0.25, 0.3) is 10.1 Å². The highest BCUT2D eigenvalue weighted by Gasteiger charge is 2.19. The summed E-state index contributed by atoms with van der Waals surface area (Å²) < 4.78 is 34.8. The quantitative estimate of drug-likeness (QED) is 0.0649. The molecule has 4 heteroatoms. The third kappa shape index (κ3) is 18.2. The normalized spacial score (nSPS) is 12.0. The molecule has 1 N–H and O–H groups in total. The van der Waals surface area contributed by atoms with Crippen molar-refractivity contribution in [2.24, 2.45) is 0 Å². The highest BCUT2D eigenvalue weighted by Crippen LogP contribution is 2.32. The van der Waals surface area contributed by atoms with Gasteiger partial charge in [-0.2, -0.15) is 8.42 Å². The van der Waals surface area contributed by atoms with Gasteiger partial charge in [-0.1, -0.05) is 205 Å². The topological polar surface area (TPSA) is 54.4 Å². The van der Waals surface area contributed by atoms with Crippen molar-refractivity contribution in [2.45, 2.75) is 211 Å². The molecule has 0 amide bonds. The second-order valence-corrected chi connectivity index (χ2v) is 15.6. The van der Waals surface area contributed by atoms with Gasteiger partial charge in [0.2, 0.25) is 0 Å². The van der Waals surface area contributed by atoms with Crippen LogP contribution in [0.2, 0.25) is 0 Å². The smallest absolute Gasteiger partial charge is 0.282 e. The Kier molecular flexibility index (Phi) is 23.5. The van der Waals surface area contributed by atoms with E-state index in [2.05, 4.69) is 19.9 Å². The third-order valence-electron chi connectivity index (χ3n) is 10.1. The van der Waals surface area contributed by atoms with Gasteiger partial charge >= 0.3 is 0 Å². The van der Waals surface area contributed by atoms with Crippen LogP contribution in [-0.2, 0) is 23.0 Å². The largest absolute Gasteiger partial charge is 0.295 e. The average Bonchev–Trinajstić information content (AvgIpc) is 3.04. The van der Waals surface area contributed by atoms with E-state index in [1.165, 1.54) is 173 Å². The standard InChI is InChI=1S/C42H72O3S/c1-3-5-7-9-11-13-15-17-19-21-23-25-27-29-33-38-37-42(46(43,44)45)41-36-32-31-35-40(41)39(38)34-30-28-26-24-22-20-18-16-14-12-10-8-6-4-2/h31-32,35-37H,3-30,33-34H2,1-2H3,(H,43,44,45). The molecule has 0 fully saturated rings. The Bertz CT molecular complexity index is 1120. The van der Waals surface area contributed by atoms with Crippen LogP contribution in [0.15, 0.2) is 35.2 Å². The molecule has 0 bridgehead atoms. The Morgan fingerprint density at radius 3 is 1.15 bits per heavy atom. The van der Waals surface area contributed by atoms with Gasteiger partial charge in [0, 0.05) is 5.39 Å². The van der Waals surface area contributed by atoms with Crippen LogP contribution in [0.25, 0.3) is 10.8 Å². The molecule has 0 heterocycles. The first-order valence-corrected chi connectivity index (χ1v) is 21.4. The molecule has 0 radical (unpaired) electrons. The van der Waals surface area contributed by atoms with E-state index >= 15 is 0 Å². The molecule has 0 aromatic heterocycles. The summed E-state index contributed by atoms with van der Waals surface area (Å²) in [7, 11) is -4.28. The maximum absolute atomic E-state index is 12.4. The van der Waals surface area contributed by atoms with Gasteiger partial charge in [-0.15, -0.1) is 0 Å². The molecule has 2 rings (SSSR count). The van der Waals surface area contributed by atoms with Crippen LogP contribution in [0.5, 0.6) is 0 Å². The van der Waals surface area contributed by atoms with Gasteiger partial charge < -0.3 is 0 Å². The van der Waals surface area contributed by atoms with E-state index in [0.29, 0.717) is 5.39 Å². The van der Waals surface area contributed by atoms with Crippen molar-refractivity contribution in [1.82, 2.24) is 0 Å². The lowest BCUT2D eigenvalue weighted by Crippen LogP contribution is -2.05. The summed E-state index contributed by atoms with van der Waals surface area (Å²) in [5, 5.41) is 1.67. The van der Waals surface area contributed by atoms with E-state index in [9.17, 15) is 13.0 Å². The summed E-state index contributed by atoms with van der Waals surface area (Å²) in [6.45, 7) is 4.56. The van der Waals surface area contributed by atoms with Crippen LogP contribution in [0, 0.1) is 0 Å². The molecule has 0 saturated heterocycles. The SMILES string of the molecule is CCCCCCCCCCCCCCCCc1cc(S(=O)(=O)O)c2ccccc2c1CCCCCCCCCCCCCCCC. The van der Waals surface area contributed by atoms with Crippen molar-refractivity contribution < 1.29 is 13.0 Å². The molecular weight excluding hydrogens is 585 g/mol. The van der Waals surface area contributed by atoms with Crippen LogP contribution >= 0.6 is 0 Å². The van der Waals surface area contributed by atoms with Crippen molar-refractivity contribution in [2.75, 3.05) is 0 Å². The fourth-order valence-corrected chi connectivity index (χ4v) is 7.94. The molecule has 0 aliphatic rings. The molecule has 0 spiro atoms. The lowest BCUT2D eigenvalue weighted by Gasteiger charge is -2.16. The predicted octanol–water partition coefficient (Wildman–Crippen LogP) is 14.1. The first-order chi connectivity index (χ1) is 22.5. The van der Waals surface area contributed by atoms with Crippen LogP contribution in [0.1, 0.15) is 205 Å². The van der Waals surface area contributed by atoms with Crippen LogP contribution in [0.4, 0.5) is 0 Å². The molecule has 0 saturated carbocycles. The Morgan fingerprint density at radius 2 is 0.783 bits per heavy atom. The molecule has 2 aromatic carbocycles. The van der Waals surface area contributed by atoms with Crippen molar-refractivity contribution in [3.63, 3.8) is 0 Å². The summed E-state index contributed by atoms with van der Waals surface area (Å²) in [5.74, 6) is 0. The Labute approximate surface area is 285 Å². The minimum atomic E-state index is -4.28. The Balaban J connectivity index is 1.74. The van der Waals surface area contributed by atoms with Crippen molar-refractivity contribution in [3.05, 3.63) is 41.5 Å². The van der Waals surface area contributed by atoms with E-state index in [4.69, 9.17) is 0 Å². The fourth-order valence-electron chi connectivity index (χ4n) is 7.20. The number of benzene rings is 2.